The number of hydrogen-bond acceptors (Lipinski definition) is 7. The lowest BCUT2D eigenvalue weighted by atomic mass is 10.1. The van der Waals surface area contributed by atoms with Crippen LogP contribution in [0.4, 0.5) is 0 Å². The third-order valence-corrected chi connectivity index (χ3v) is 4.67. The van der Waals surface area contributed by atoms with E-state index in [0.717, 1.165) is 13.0 Å². The average Bonchev–Trinajstić information content (AvgIpc) is 2.78. The molecule has 0 atom stereocenters. The first-order valence-electron chi connectivity index (χ1n) is 12.5. The van der Waals surface area contributed by atoms with Gasteiger partial charge in [0.15, 0.2) is 0 Å². The zero-order valence-corrected chi connectivity index (χ0v) is 20.4. The van der Waals surface area contributed by atoms with E-state index in [1.807, 2.05) is 6.92 Å². The molecule has 0 aliphatic rings. The molecule has 0 aromatic carbocycles. The Morgan fingerprint density at radius 2 is 0.677 bits per heavy atom. The quantitative estimate of drug-likeness (QED) is 0.0948. The zero-order chi connectivity index (χ0) is 22.5. The van der Waals surface area contributed by atoms with E-state index in [9.17, 15) is 0 Å². The number of ether oxygens (including phenoxy) is 5. The molecule has 0 aliphatic carbocycles. The smallest absolute Gasteiger partial charge is 0.106 e. The zero-order valence-electron chi connectivity index (χ0n) is 20.4. The van der Waals surface area contributed by atoms with Gasteiger partial charge >= 0.3 is 0 Å². The van der Waals surface area contributed by atoms with Gasteiger partial charge in [-0.05, 0) is 13.3 Å². The van der Waals surface area contributed by atoms with Crippen molar-refractivity contribution < 1.29 is 33.5 Å². The topological polar surface area (TPSA) is 64.6 Å². The highest BCUT2D eigenvalue weighted by molar-refractivity contribution is 4.47. The van der Waals surface area contributed by atoms with Crippen molar-refractivity contribution in [1.29, 1.82) is 0 Å². The summed E-state index contributed by atoms with van der Waals surface area (Å²) < 4.78 is 26.8. The Balaban J connectivity index is 2.98. The van der Waals surface area contributed by atoms with Crippen molar-refractivity contribution in [2.24, 2.45) is 0 Å². The number of unbranched alkanes of at least 4 members (excludes halogenated alkanes) is 9. The summed E-state index contributed by atoms with van der Waals surface area (Å²) in [5.74, 6) is 0. The van der Waals surface area contributed by atoms with Crippen molar-refractivity contribution >= 4 is 0 Å². The number of rotatable bonds is 28. The molecule has 7 nitrogen and oxygen atoms in total. The molecule has 0 radical (unpaired) electrons. The Bertz CT molecular complexity index is 278. The van der Waals surface area contributed by atoms with Gasteiger partial charge in [-0.3, -0.25) is 0 Å². The maximum absolute atomic E-state index is 5.43. The highest BCUT2D eigenvalue weighted by Gasteiger charge is 1.96. The van der Waals surface area contributed by atoms with Gasteiger partial charge in [0.05, 0.1) is 66.1 Å². The molecule has 0 bridgehead atoms. The molecule has 7 heteroatoms. The Morgan fingerprint density at radius 1 is 0.323 bits per heavy atom. The van der Waals surface area contributed by atoms with E-state index < -0.39 is 0 Å². The Kier molecular flexibility index (Phi) is 29.5. The summed E-state index contributed by atoms with van der Waals surface area (Å²) in [7, 11) is 0. The summed E-state index contributed by atoms with van der Waals surface area (Å²) in [5.41, 5.74) is 0. The Morgan fingerprint density at radius 3 is 1.13 bits per heavy atom. The summed E-state index contributed by atoms with van der Waals surface area (Å²) in [6.45, 7) is 11.2. The number of hydrogen-bond donors (Lipinski definition) is 0. The van der Waals surface area contributed by atoms with E-state index in [1.165, 1.54) is 57.8 Å². The van der Waals surface area contributed by atoms with Crippen molar-refractivity contribution in [3.05, 3.63) is 0 Å². The third-order valence-electron chi connectivity index (χ3n) is 4.67. The first kappa shape index (κ1) is 30.7. The van der Waals surface area contributed by atoms with Crippen LogP contribution in [0.1, 0.15) is 78.1 Å². The summed E-state index contributed by atoms with van der Waals surface area (Å²) in [4.78, 5) is 10.3. The molecule has 0 fully saturated rings. The molecule has 0 spiro atoms. The first-order valence-corrected chi connectivity index (χ1v) is 12.5. The van der Waals surface area contributed by atoms with E-state index in [0.29, 0.717) is 72.7 Å². The fourth-order valence-electron chi connectivity index (χ4n) is 2.88. The van der Waals surface area contributed by atoms with Gasteiger partial charge in [0.1, 0.15) is 6.61 Å². The molecule has 0 rings (SSSR count). The maximum atomic E-state index is 5.43. The average molecular weight is 451 g/mol. The second-order valence-electron chi connectivity index (χ2n) is 7.47. The fourth-order valence-corrected chi connectivity index (χ4v) is 2.88. The van der Waals surface area contributed by atoms with Crippen molar-refractivity contribution in [1.82, 2.24) is 0 Å². The SMILES string of the molecule is CCCCCCCCCCCCOOCCOCCOCCOCCOCCOCC. The first-order chi connectivity index (χ1) is 15.4. The van der Waals surface area contributed by atoms with Crippen LogP contribution in [0.5, 0.6) is 0 Å². The molecule has 0 saturated carbocycles. The van der Waals surface area contributed by atoms with Crippen LogP contribution in [-0.4, -0.2) is 79.3 Å². The van der Waals surface area contributed by atoms with E-state index in [4.69, 9.17) is 33.5 Å². The monoisotopic (exact) mass is 450 g/mol. The third kappa shape index (κ3) is 29.7. The lowest BCUT2D eigenvalue weighted by Gasteiger charge is -2.08. The molecule has 31 heavy (non-hydrogen) atoms. The minimum Gasteiger partial charge on any atom is -0.379 e. The minimum absolute atomic E-state index is 0.449. The second kappa shape index (κ2) is 29.7. The molecule has 188 valence electrons. The van der Waals surface area contributed by atoms with Gasteiger partial charge < -0.3 is 23.7 Å². The summed E-state index contributed by atoms with van der Waals surface area (Å²) in [6.07, 6.45) is 13.2. The molecular formula is C24H50O7. The van der Waals surface area contributed by atoms with Gasteiger partial charge in [0.2, 0.25) is 0 Å². The van der Waals surface area contributed by atoms with Crippen LogP contribution in [0, 0.1) is 0 Å². The molecule has 0 amide bonds. The standard InChI is InChI=1S/C24H50O7/c1-3-5-6-7-8-9-10-11-12-13-14-30-31-24-23-29-22-21-28-20-19-27-18-17-26-16-15-25-4-2/h3-24H2,1-2H3. The Labute approximate surface area is 191 Å². The molecular weight excluding hydrogens is 400 g/mol. The van der Waals surface area contributed by atoms with Gasteiger partial charge in [0.25, 0.3) is 0 Å². The fraction of sp³-hybridized carbons (Fsp3) is 1.00. The maximum Gasteiger partial charge on any atom is 0.106 e. The molecule has 0 heterocycles. The van der Waals surface area contributed by atoms with E-state index in [2.05, 4.69) is 6.92 Å². The molecule has 0 N–H and O–H groups in total. The molecule has 0 unspecified atom stereocenters. The van der Waals surface area contributed by atoms with E-state index in [-0.39, 0.29) is 0 Å². The van der Waals surface area contributed by atoms with Crippen LogP contribution in [0.3, 0.4) is 0 Å². The summed E-state index contributed by atoms with van der Waals surface area (Å²) >= 11 is 0. The van der Waals surface area contributed by atoms with E-state index >= 15 is 0 Å². The van der Waals surface area contributed by atoms with Crippen LogP contribution >= 0.6 is 0 Å². The molecule has 0 saturated heterocycles. The van der Waals surface area contributed by atoms with Gasteiger partial charge in [-0.2, -0.15) is 0 Å². The predicted octanol–water partition coefficient (Wildman–Crippen LogP) is 4.96. The normalized spacial score (nSPS) is 11.4. The lowest BCUT2D eigenvalue weighted by molar-refractivity contribution is -0.299. The van der Waals surface area contributed by atoms with Gasteiger partial charge in [-0.1, -0.05) is 64.7 Å². The van der Waals surface area contributed by atoms with Crippen molar-refractivity contribution in [2.75, 3.05) is 79.3 Å². The van der Waals surface area contributed by atoms with Crippen LogP contribution in [-0.2, 0) is 33.5 Å². The molecule has 0 aliphatic heterocycles. The van der Waals surface area contributed by atoms with E-state index in [1.54, 1.807) is 0 Å². The highest BCUT2D eigenvalue weighted by Crippen LogP contribution is 2.10. The summed E-state index contributed by atoms with van der Waals surface area (Å²) in [6, 6.07) is 0. The van der Waals surface area contributed by atoms with Gasteiger partial charge in [-0.25, -0.2) is 9.78 Å². The summed E-state index contributed by atoms with van der Waals surface area (Å²) in [5, 5.41) is 0. The van der Waals surface area contributed by atoms with Crippen LogP contribution in [0.15, 0.2) is 0 Å². The van der Waals surface area contributed by atoms with Crippen molar-refractivity contribution in [3.8, 4) is 0 Å². The molecule has 0 aromatic heterocycles. The van der Waals surface area contributed by atoms with Gasteiger partial charge in [-0.15, -0.1) is 0 Å². The largest absolute Gasteiger partial charge is 0.379 e. The van der Waals surface area contributed by atoms with Crippen LogP contribution in [0.25, 0.3) is 0 Å². The predicted molar refractivity (Wildman–Crippen MR) is 124 cm³/mol. The lowest BCUT2D eigenvalue weighted by Crippen LogP contribution is -2.14. The van der Waals surface area contributed by atoms with Crippen LogP contribution in [0.2, 0.25) is 0 Å². The second-order valence-corrected chi connectivity index (χ2v) is 7.47. The Hall–Kier alpha value is -0.280. The minimum atomic E-state index is 0.449. The molecule has 0 aromatic rings. The van der Waals surface area contributed by atoms with Crippen molar-refractivity contribution in [3.63, 3.8) is 0 Å². The van der Waals surface area contributed by atoms with Gasteiger partial charge in [0, 0.05) is 6.61 Å². The van der Waals surface area contributed by atoms with Crippen LogP contribution < -0.4 is 0 Å². The highest BCUT2D eigenvalue weighted by atomic mass is 17.2. The van der Waals surface area contributed by atoms with Crippen molar-refractivity contribution in [2.45, 2.75) is 78.1 Å².